The van der Waals surface area contributed by atoms with Crippen LogP contribution in [-0.4, -0.2) is 47.0 Å². The Hall–Kier alpha value is -2.71. The summed E-state index contributed by atoms with van der Waals surface area (Å²) in [4.78, 5) is 27.2. The number of para-hydroxylation sites is 1. The molecule has 0 spiro atoms. The molecular formula is C20H21ClN4O3S. The monoisotopic (exact) mass is 432 g/mol. The van der Waals surface area contributed by atoms with Crippen molar-refractivity contribution in [2.75, 3.05) is 31.1 Å². The first-order chi connectivity index (χ1) is 13.8. The Labute approximate surface area is 179 Å². The van der Waals surface area contributed by atoms with Gasteiger partial charge >= 0.3 is 0 Å². The maximum atomic E-state index is 12.6. The molecule has 0 atom stereocenters. The molecule has 1 heterocycles. The highest BCUT2D eigenvalue weighted by Gasteiger charge is 2.27. The molecule has 1 N–H and O–H groups in total. The molecule has 0 aromatic heterocycles. The number of nitro benzene ring substituents is 1. The van der Waals surface area contributed by atoms with Crippen molar-refractivity contribution in [3.63, 3.8) is 0 Å². The van der Waals surface area contributed by atoms with Crippen LogP contribution in [-0.2, 0) is 0 Å². The largest absolute Gasteiger partial charge is 0.361 e. The highest BCUT2D eigenvalue weighted by atomic mass is 35.5. The van der Waals surface area contributed by atoms with E-state index in [2.05, 4.69) is 5.32 Å². The average molecular weight is 433 g/mol. The third-order valence-corrected chi connectivity index (χ3v) is 5.56. The Bertz CT molecular complexity index is 974. The SMILES string of the molecule is Cc1ccc(C(=O)NC(=S)N2CCN(c3c(Cl)cccc3[N+](=O)[O-])CC2)c(C)c1. The fraction of sp³-hybridized carbons (Fsp3) is 0.300. The van der Waals surface area contributed by atoms with Gasteiger partial charge in [-0.15, -0.1) is 0 Å². The summed E-state index contributed by atoms with van der Waals surface area (Å²) in [5.41, 5.74) is 2.97. The number of nitrogens with zero attached hydrogens (tertiary/aromatic N) is 3. The minimum atomic E-state index is -0.428. The predicted octanol–water partition coefficient (Wildman–Crippen LogP) is 3.70. The Morgan fingerprint density at radius 3 is 2.48 bits per heavy atom. The third-order valence-electron chi connectivity index (χ3n) is 4.89. The molecule has 1 fully saturated rings. The molecule has 3 rings (SSSR count). The normalized spacial score (nSPS) is 13.9. The summed E-state index contributed by atoms with van der Waals surface area (Å²) in [5.74, 6) is -0.239. The van der Waals surface area contributed by atoms with Crippen molar-refractivity contribution in [2.45, 2.75) is 13.8 Å². The van der Waals surface area contributed by atoms with Crippen molar-refractivity contribution in [3.05, 3.63) is 68.2 Å². The number of carbonyl (C=O) groups excluding carboxylic acids is 1. The summed E-state index contributed by atoms with van der Waals surface area (Å²) in [5, 5.41) is 14.8. The number of piperazine rings is 1. The maximum Gasteiger partial charge on any atom is 0.294 e. The van der Waals surface area contributed by atoms with Crippen molar-refractivity contribution in [3.8, 4) is 0 Å². The van der Waals surface area contributed by atoms with Crippen molar-refractivity contribution in [2.24, 2.45) is 0 Å². The maximum absolute atomic E-state index is 12.6. The van der Waals surface area contributed by atoms with E-state index in [0.717, 1.165) is 11.1 Å². The molecule has 7 nitrogen and oxygen atoms in total. The van der Waals surface area contributed by atoms with Crippen LogP contribution in [0.3, 0.4) is 0 Å². The minimum absolute atomic E-state index is 0.0170. The topological polar surface area (TPSA) is 78.7 Å². The third kappa shape index (κ3) is 4.65. The number of aryl methyl sites for hydroxylation is 2. The zero-order chi connectivity index (χ0) is 21.1. The molecule has 0 aliphatic carbocycles. The van der Waals surface area contributed by atoms with E-state index in [1.165, 1.54) is 6.07 Å². The lowest BCUT2D eigenvalue weighted by molar-refractivity contribution is -0.384. The molecular weight excluding hydrogens is 412 g/mol. The van der Waals surface area contributed by atoms with E-state index >= 15 is 0 Å². The lowest BCUT2D eigenvalue weighted by Gasteiger charge is -2.37. The molecule has 2 aromatic carbocycles. The van der Waals surface area contributed by atoms with Gasteiger partial charge in [-0.05, 0) is 43.8 Å². The van der Waals surface area contributed by atoms with E-state index in [9.17, 15) is 14.9 Å². The number of hydrogen-bond donors (Lipinski definition) is 1. The van der Waals surface area contributed by atoms with Gasteiger partial charge < -0.3 is 9.80 Å². The van der Waals surface area contributed by atoms with Crippen LogP contribution in [0.25, 0.3) is 0 Å². The van der Waals surface area contributed by atoms with E-state index in [-0.39, 0.29) is 11.6 Å². The standard InChI is InChI=1S/C20H21ClN4O3S/c1-13-6-7-15(14(2)12-13)19(26)22-20(29)24-10-8-23(9-11-24)18-16(21)4-3-5-17(18)25(27)28/h3-7,12H,8-11H2,1-2H3,(H,22,26,29). The molecule has 9 heteroatoms. The van der Waals surface area contributed by atoms with Gasteiger partial charge in [0.25, 0.3) is 11.6 Å². The van der Waals surface area contributed by atoms with Crippen LogP contribution in [0, 0.1) is 24.0 Å². The van der Waals surface area contributed by atoms with Crippen LogP contribution in [0.15, 0.2) is 36.4 Å². The Morgan fingerprint density at radius 1 is 1.17 bits per heavy atom. The molecule has 0 bridgehead atoms. The first kappa shape index (κ1) is 21.0. The highest BCUT2D eigenvalue weighted by molar-refractivity contribution is 7.80. The number of amides is 1. The van der Waals surface area contributed by atoms with Gasteiger partial charge in [-0.1, -0.05) is 35.4 Å². The summed E-state index contributed by atoms with van der Waals surface area (Å²) >= 11 is 11.6. The summed E-state index contributed by atoms with van der Waals surface area (Å²) < 4.78 is 0. The fourth-order valence-electron chi connectivity index (χ4n) is 3.41. The van der Waals surface area contributed by atoms with Gasteiger partial charge in [0.15, 0.2) is 5.11 Å². The number of thiocarbonyl (C=S) groups is 1. The van der Waals surface area contributed by atoms with E-state index in [0.29, 0.717) is 47.6 Å². The van der Waals surface area contributed by atoms with E-state index in [1.54, 1.807) is 18.2 Å². The van der Waals surface area contributed by atoms with Gasteiger partial charge in [0.2, 0.25) is 0 Å². The van der Waals surface area contributed by atoms with Gasteiger partial charge in [-0.25, -0.2) is 0 Å². The number of rotatable bonds is 3. The Kier molecular flexibility index (Phi) is 6.34. The average Bonchev–Trinajstić information content (AvgIpc) is 2.67. The van der Waals surface area contributed by atoms with Crippen LogP contribution in [0.1, 0.15) is 21.5 Å². The highest BCUT2D eigenvalue weighted by Crippen LogP contribution is 2.35. The number of carbonyl (C=O) groups is 1. The fourth-order valence-corrected chi connectivity index (χ4v) is 3.97. The number of nitro groups is 1. The second kappa shape index (κ2) is 8.75. The van der Waals surface area contributed by atoms with Crippen molar-refractivity contribution in [1.82, 2.24) is 10.2 Å². The molecule has 1 amide bonds. The van der Waals surface area contributed by atoms with Crippen LogP contribution in [0.5, 0.6) is 0 Å². The molecule has 0 radical (unpaired) electrons. The van der Waals surface area contributed by atoms with Crippen molar-refractivity contribution >= 4 is 46.2 Å². The molecule has 0 unspecified atom stereocenters. The smallest absolute Gasteiger partial charge is 0.294 e. The number of benzene rings is 2. The first-order valence-corrected chi connectivity index (χ1v) is 9.92. The van der Waals surface area contributed by atoms with Crippen LogP contribution in [0.4, 0.5) is 11.4 Å². The van der Waals surface area contributed by atoms with E-state index in [1.807, 2.05) is 35.8 Å². The Morgan fingerprint density at radius 2 is 1.86 bits per heavy atom. The van der Waals surface area contributed by atoms with Crippen LogP contribution >= 0.6 is 23.8 Å². The zero-order valence-corrected chi connectivity index (χ0v) is 17.7. The lowest BCUT2D eigenvalue weighted by atomic mass is 10.1. The minimum Gasteiger partial charge on any atom is -0.361 e. The van der Waals surface area contributed by atoms with Gasteiger partial charge in [0.05, 0.1) is 9.95 Å². The quantitative estimate of drug-likeness (QED) is 0.452. The van der Waals surface area contributed by atoms with Crippen molar-refractivity contribution < 1.29 is 9.72 Å². The first-order valence-electron chi connectivity index (χ1n) is 9.13. The summed E-state index contributed by atoms with van der Waals surface area (Å²) in [6, 6.07) is 10.3. The number of hydrogen-bond acceptors (Lipinski definition) is 5. The molecule has 1 aliphatic rings. The van der Waals surface area contributed by atoms with Crippen LogP contribution < -0.4 is 10.2 Å². The number of nitrogens with one attached hydrogen (secondary N) is 1. The molecule has 152 valence electrons. The van der Waals surface area contributed by atoms with E-state index < -0.39 is 4.92 Å². The Balaban J connectivity index is 1.65. The van der Waals surface area contributed by atoms with Crippen molar-refractivity contribution in [1.29, 1.82) is 0 Å². The van der Waals surface area contributed by atoms with Crippen LogP contribution in [0.2, 0.25) is 5.02 Å². The number of anilines is 1. The molecule has 1 aliphatic heterocycles. The lowest BCUT2D eigenvalue weighted by Crippen LogP contribution is -2.52. The second-order valence-corrected chi connectivity index (χ2v) is 7.71. The van der Waals surface area contributed by atoms with Gasteiger partial charge in [0, 0.05) is 37.8 Å². The summed E-state index contributed by atoms with van der Waals surface area (Å²) in [7, 11) is 0. The summed E-state index contributed by atoms with van der Waals surface area (Å²) in [6.45, 7) is 5.92. The predicted molar refractivity (Wildman–Crippen MR) is 118 cm³/mol. The second-order valence-electron chi connectivity index (χ2n) is 6.92. The summed E-state index contributed by atoms with van der Waals surface area (Å²) in [6.07, 6.45) is 0. The van der Waals surface area contributed by atoms with Gasteiger partial charge in [0.1, 0.15) is 5.69 Å². The van der Waals surface area contributed by atoms with Gasteiger partial charge in [-0.2, -0.15) is 0 Å². The molecule has 29 heavy (non-hydrogen) atoms. The van der Waals surface area contributed by atoms with Gasteiger partial charge in [-0.3, -0.25) is 20.2 Å². The number of halogens is 1. The molecule has 0 saturated carbocycles. The molecule has 1 saturated heterocycles. The zero-order valence-electron chi connectivity index (χ0n) is 16.1. The van der Waals surface area contributed by atoms with E-state index in [4.69, 9.17) is 23.8 Å². The molecule has 2 aromatic rings.